The number of hydrogen-bond acceptors (Lipinski definition) is 3. The number of rotatable bonds is 2. The summed E-state index contributed by atoms with van der Waals surface area (Å²) in [7, 11) is 0. The number of fused-ring (bicyclic) bond motifs is 2. The summed E-state index contributed by atoms with van der Waals surface area (Å²) in [5, 5.41) is 6.44. The number of carbonyl (C=O) groups excluding carboxylic acids is 1. The highest BCUT2D eigenvalue weighted by Gasteiger charge is 2.28. The van der Waals surface area contributed by atoms with Crippen LogP contribution in [0.3, 0.4) is 0 Å². The van der Waals surface area contributed by atoms with E-state index in [0.29, 0.717) is 6.61 Å². The maximum absolute atomic E-state index is 12.8. The van der Waals surface area contributed by atoms with Gasteiger partial charge >= 0.3 is 0 Å². The van der Waals surface area contributed by atoms with Crippen molar-refractivity contribution in [1.82, 2.24) is 5.32 Å². The number of carbonyl (C=O) groups is 1. The SMILES string of the molecule is O=C(Nc1cccc2c1CNCC2)C1OCCc2ccccc21. The number of anilines is 1. The van der Waals surface area contributed by atoms with Gasteiger partial charge in [0.05, 0.1) is 6.61 Å². The van der Waals surface area contributed by atoms with Crippen LogP contribution in [0.25, 0.3) is 0 Å². The molecule has 2 aliphatic rings. The van der Waals surface area contributed by atoms with Gasteiger partial charge in [0, 0.05) is 12.2 Å². The minimum atomic E-state index is -0.521. The summed E-state index contributed by atoms with van der Waals surface area (Å²) in [6.45, 7) is 2.38. The minimum Gasteiger partial charge on any atom is -0.363 e. The molecule has 4 rings (SSSR count). The van der Waals surface area contributed by atoms with Crippen molar-refractivity contribution in [3.05, 3.63) is 64.7 Å². The second-order valence-electron chi connectivity index (χ2n) is 6.06. The van der Waals surface area contributed by atoms with Crippen molar-refractivity contribution in [1.29, 1.82) is 0 Å². The van der Waals surface area contributed by atoms with Crippen LogP contribution in [0.5, 0.6) is 0 Å². The van der Waals surface area contributed by atoms with Gasteiger partial charge in [-0.1, -0.05) is 36.4 Å². The van der Waals surface area contributed by atoms with Crippen molar-refractivity contribution in [3.8, 4) is 0 Å². The zero-order chi connectivity index (χ0) is 15.6. The number of amides is 1. The van der Waals surface area contributed by atoms with Crippen molar-refractivity contribution in [3.63, 3.8) is 0 Å². The van der Waals surface area contributed by atoms with Gasteiger partial charge in [-0.2, -0.15) is 0 Å². The summed E-state index contributed by atoms with van der Waals surface area (Å²) in [4.78, 5) is 12.8. The molecular formula is C19H20N2O2. The largest absolute Gasteiger partial charge is 0.363 e. The van der Waals surface area contributed by atoms with E-state index >= 15 is 0 Å². The van der Waals surface area contributed by atoms with E-state index in [0.717, 1.165) is 37.2 Å². The van der Waals surface area contributed by atoms with Crippen LogP contribution in [0.2, 0.25) is 0 Å². The summed E-state index contributed by atoms with van der Waals surface area (Å²) in [5.74, 6) is -0.0869. The molecule has 2 aromatic rings. The van der Waals surface area contributed by atoms with Gasteiger partial charge in [-0.15, -0.1) is 0 Å². The third-order valence-electron chi connectivity index (χ3n) is 4.64. The Morgan fingerprint density at radius 3 is 2.91 bits per heavy atom. The molecular weight excluding hydrogens is 288 g/mol. The monoisotopic (exact) mass is 308 g/mol. The average molecular weight is 308 g/mol. The standard InChI is InChI=1S/C19H20N2O2/c22-19(18-15-6-2-1-4-14(15)9-11-23-18)21-17-7-3-5-13-8-10-20-12-16(13)17/h1-7,18,20H,8-12H2,(H,21,22). The first-order valence-electron chi connectivity index (χ1n) is 8.14. The van der Waals surface area contributed by atoms with Crippen LogP contribution < -0.4 is 10.6 Å². The van der Waals surface area contributed by atoms with Gasteiger partial charge in [-0.05, 0) is 47.7 Å². The summed E-state index contributed by atoms with van der Waals surface area (Å²) in [5.41, 5.74) is 5.59. The Morgan fingerprint density at radius 2 is 1.96 bits per heavy atom. The first kappa shape index (κ1) is 14.4. The zero-order valence-electron chi connectivity index (χ0n) is 13.0. The van der Waals surface area contributed by atoms with E-state index in [-0.39, 0.29) is 5.91 Å². The van der Waals surface area contributed by atoms with Crippen molar-refractivity contribution in [2.45, 2.75) is 25.5 Å². The van der Waals surface area contributed by atoms with Crippen molar-refractivity contribution in [2.24, 2.45) is 0 Å². The third kappa shape index (κ3) is 2.76. The van der Waals surface area contributed by atoms with E-state index in [1.165, 1.54) is 16.7 Å². The molecule has 1 unspecified atom stereocenters. The normalized spacial score (nSPS) is 19.6. The third-order valence-corrected chi connectivity index (χ3v) is 4.64. The number of hydrogen-bond donors (Lipinski definition) is 2. The predicted molar refractivity (Wildman–Crippen MR) is 89.3 cm³/mol. The Morgan fingerprint density at radius 1 is 1.09 bits per heavy atom. The van der Waals surface area contributed by atoms with Crippen LogP contribution in [0.1, 0.15) is 28.4 Å². The van der Waals surface area contributed by atoms with Crippen LogP contribution in [-0.2, 0) is 28.9 Å². The van der Waals surface area contributed by atoms with Gasteiger partial charge in [0.1, 0.15) is 0 Å². The van der Waals surface area contributed by atoms with Crippen molar-refractivity contribution < 1.29 is 9.53 Å². The maximum atomic E-state index is 12.8. The highest BCUT2D eigenvalue weighted by atomic mass is 16.5. The molecule has 2 N–H and O–H groups in total. The van der Waals surface area contributed by atoms with Gasteiger partial charge in [-0.25, -0.2) is 0 Å². The van der Waals surface area contributed by atoms with Crippen LogP contribution in [0, 0.1) is 0 Å². The first-order valence-corrected chi connectivity index (χ1v) is 8.14. The number of ether oxygens (including phenoxy) is 1. The molecule has 0 aromatic heterocycles. The molecule has 118 valence electrons. The molecule has 0 spiro atoms. The predicted octanol–water partition coefficient (Wildman–Crippen LogP) is 2.58. The average Bonchev–Trinajstić information content (AvgIpc) is 2.61. The van der Waals surface area contributed by atoms with E-state index in [1.54, 1.807) is 0 Å². The first-order chi connectivity index (χ1) is 11.3. The van der Waals surface area contributed by atoms with E-state index in [2.05, 4.69) is 22.8 Å². The second kappa shape index (κ2) is 6.14. The summed E-state index contributed by atoms with van der Waals surface area (Å²) in [6.07, 6.45) is 1.35. The van der Waals surface area contributed by atoms with Gasteiger partial charge in [0.2, 0.25) is 0 Å². The van der Waals surface area contributed by atoms with Crippen LogP contribution in [-0.4, -0.2) is 19.1 Å². The lowest BCUT2D eigenvalue weighted by Crippen LogP contribution is -2.30. The Kier molecular flexibility index (Phi) is 3.85. The maximum Gasteiger partial charge on any atom is 0.258 e. The van der Waals surface area contributed by atoms with E-state index < -0.39 is 6.10 Å². The van der Waals surface area contributed by atoms with Crippen molar-refractivity contribution >= 4 is 11.6 Å². The fraction of sp³-hybridized carbons (Fsp3) is 0.316. The zero-order valence-corrected chi connectivity index (χ0v) is 13.0. The second-order valence-corrected chi connectivity index (χ2v) is 6.06. The summed E-state index contributed by atoms with van der Waals surface area (Å²) < 4.78 is 5.75. The lowest BCUT2D eigenvalue weighted by Gasteiger charge is -2.26. The lowest BCUT2D eigenvalue weighted by atomic mass is 9.96. The quantitative estimate of drug-likeness (QED) is 0.896. The van der Waals surface area contributed by atoms with Gasteiger partial charge in [0.25, 0.3) is 5.91 Å². The lowest BCUT2D eigenvalue weighted by molar-refractivity contribution is -0.128. The summed E-state index contributed by atoms with van der Waals surface area (Å²) >= 11 is 0. The van der Waals surface area contributed by atoms with Crippen molar-refractivity contribution in [2.75, 3.05) is 18.5 Å². The molecule has 0 bridgehead atoms. The van der Waals surface area contributed by atoms with Gasteiger partial charge in [-0.3, -0.25) is 4.79 Å². The van der Waals surface area contributed by atoms with Crippen LogP contribution in [0.15, 0.2) is 42.5 Å². The molecule has 0 saturated carbocycles. The smallest absolute Gasteiger partial charge is 0.258 e. The molecule has 0 saturated heterocycles. The minimum absolute atomic E-state index is 0.0869. The Hall–Kier alpha value is -2.17. The fourth-order valence-corrected chi connectivity index (χ4v) is 3.44. The van der Waals surface area contributed by atoms with E-state index in [9.17, 15) is 4.79 Å². The molecule has 23 heavy (non-hydrogen) atoms. The van der Waals surface area contributed by atoms with Gasteiger partial charge in [0.15, 0.2) is 6.10 Å². The van der Waals surface area contributed by atoms with Crippen LogP contribution in [0.4, 0.5) is 5.69 Å². The topological polar surface area (TPSA) is 50.4 Å². The molecule has 2 aliphatic heterocycles. The number of nitrogens with one attached hydrogen (secondary N) is 2. The highest BCUT2D eigenvalue weighted by molar-refractivity contribution is 5.96. The van der Waals surface area contributed by atoms with E-state index in [4.69, 9.17) is 4.74 Å². The molecule has 1 atom stereocenters. The molecule has 0 aliphatic carbocycles. The molecule has 4 nitrogen and oxygen atoms in total. The molecule has 2 heterocycles. The fourth-order valence-electron chi connectivity index (χ4n) is 3.44. The summed E-state index contributed by atoms with van der Waals surface area (Å²) in [6, 6.07) is 14.2. The Balaban J connectivity index is 1.60. The molecule has 0 fully saturated rings. The molecule has 4 heteroatoms. The van der Waals surface area contributed by atoms with Crippen LogP contribution >= 0.6 is 0 Å². The molecule has 2 aromatic carbocycles. The van der Waals surface area contributed by atoms with E-state index in [1.807, 2.05) is 30.3 Å². The number of benzene rings is 2. The Labute approximate surface area is 135 Å². The molecule has 1 amide bonds. The highest BCUT2D eigenvalue weighted by Crippen LogP contribution is 2.29. The Bertz CT molecular complexity index is 742. The van der Waals surface area contributed by atoms with Gasteiger partial charge < -0.3 is 15.4 Å². The molecule has 0 radical (unpaired) electrons.